The highest BCUT2D eigenvalue weighted by Gasteiger charge is 2.50. The van der Waals surface area contributed by atoms with Crippen LogP contribution >= 0.6 is 26.8 Å². The molecule has 0 amide bonds. The number of hydrogen-bond donors (Lipinski definition) is 5. The maximum Gasteiger partial charge on any atom is 0.340 e. The molecule has 5 atom stereocenters. The quantitative estimate of drug-likeness (QED) is 0.187. The summed E-state index contributed by atoms with van der Waals surface area (Å²) >= 11 is 6.25. The molecule has 4 heterocycles. The van der Waals surface area contributed by atoms with Gasteiger partial charge < -0.3 is 39.1 Å². The van der Waals surface area contributed by atoms with E-state index in [1.165, 1.54) is 17.0 Å². The van der Waals surface area contributed by atoms with E-state index in [0.717, 1.165) is 17.5 Å². The highest BCUT2D eigenvalue weighted by Crippen LogP contribution is 2.55. The van der Waals surface area contributed by atoms with Crippen molar-refractivity contribution in [1.29, 1.82) is 0 Å². The number of fused-ring (bicyclic) bond motifs is 3. The Morgan fingerprint density at radius 3 is 2.65 bits per heavy atom. The summed E-state index contributed by atoms with van der Waals surface area (Å²) in [5.41, 5.74) is 2.06. The predicted octanol–water partition coefficient (Wildman–Crippen LogP) is 1.28. The summed E-state index contributed by atoms with van der Waals surface area (Å²) in [7, 11) is -9.56. The first-order chi connectivity index (χ1) is 18.8. The Hall–Kier alpha value is -2.03. The normalized spacial score (nSPS) is 27.2. The molecule has 3 aromatic rings. The van der Waals surface area contributed by atoms with Crippen LogP contribution in [0.3, 0.4) is 0 Å². The zero-order valence-electron chi connectivity index (χ0n) is 20.6. The van der Waals surface area contributed by atoms with Crippen molar-refractivity contribution in [2.24, 2.45) is 0 Å². The van der Waals surface area contributed by atoms with Crippen LogP contribution in [-0.2, 0) is 30.2 Å². The second kappa shape index (κ2) is 9.77. The van der Waals surface area contributed by atoms with E-state index in [1.807, 2.05) is 11.0 Å². The van der Waals surface area contributed by atoms with Gasteiger partial charge in [-0.2, -0.15) is 9.97 Å². The minimum absolute atomic E-state index is 0.102. The summed E-state index contributed by atoms with van der Waals surface area (Å²) in [6, 6.07) is 5.13. The van der Waals surface area contributed by atoms with Gasteiger partial charge in [0.15, 0.2) is 29.1 Å². The molecule has 14 nitrogen and oxygen atoms in total. The van der Waals surface area contributed by atoms with Crippen LogP contribution in [0.15, 0.2) is 24.5 Å². The number of halogens is 2. The van der Waals surface area contributed by atoms with Gasteiger partial charge in [0, 0.05) is 18.5 Å². The molecular formula is C22H25ClFN5O9P2. The number of anilines is 1. The standard InChI is InChI=1S/C22H25ClFN5O9P2/c23-21-26-18(28-7-22(8-28)5-4-11-12(22)2-1-3-13(11)24)15-19(27-21)29(9-25-15)20-17(31)16(30)14(38-20)6-37-40(35,36)10-39(32,33)34/h1-3,9,14,16-17,20,30-31H,4-8,10H2,(H,35,36)(H2,32,33,34). The van der Waals surface area contributed by atoms with E-state index in [2.05, 4.69) is 15.0 Å². The van der Waals surface area contributed by atoms with Crippen LogP contribution in [0.2, 0.25) is 5.28 Å². The number of ether oxygens (including phenoxy) is 1. The lowest BCUT2D eigenvalue weighted by Gasteiger charge is -2.49. The zero-order chi connectivity index (χ0) is 28.6. The van der Waals surface area contributed by atoms with Crippen LogP contribution in [0, 0.1) is 5.82 Å². The molecular weight excluding hydrogens is 595 g/mol. The van der Waals surface area contributed by atoms with Gasteiger partial charge in [-0.25, -0.2) is 9.37 Å². The molecule has 0 bridgehead atoms. The summed E-state index contributed by atoms with van der Waals surface area (Å²) in [6.07, 6.45) is -2.91. The number of aliphatic hydroxyl groups is 2. The van der Waals surface area contributed by atoms with Crippen molar-refractivity contribution in [2.45, 2.75) is 42.8 Å². The fourth-order valence-corrected chi connectivity index (χ4v) is 8.54. The molecule has 0 saturated carbocycles. The average molecular weight is 620 g/mol. The molecule has 2 aromatic heterocycles. The van der Waals surface area contributed by atoms with Crippen molar-refractivity contribution in [3.05, 3.63) is 46.8 Å². The molecule has 3 aliphatic rings. The van der Waals surface area contributed by atoms with Crippen LogP contribution in [-0.4, -0.2) is 88.3 Å². The zero-order valence-corrected chi connectivity index (χ0v) is 23.2. The van der Waals surface area contributed by atoms with Gasteiger partial charge in [0.1, 0.15) is 24.1 Å². The summed E-state index contributed by atoms with van der Waals surface area (Å²) in [5.74, 6) is -1.17. The van der Waals surface area contributed by atoms with E-state index in [4.69, 9.17) is 30.6 Å². The van der Waals surface area contributed by atoms with Crippen molar-refractivity contribution in [1.82, 2.24) is 19.5 Å². The molecule has 1 aromatic carbocycles. The van der Waals surface area contributed by atoms with Crippen LogP contribution in [0.25, 0.3) is 11.2 Å². The van der Waals surface area contributed by atoms with E-state index in [0.29, 0.717) is 30.8 Å². The molecule has 6 rings (SSSR count). The molecule has 0 radical (unpaired) electrons. The van der Waals surface area contributed by atoms with Crippen molar-refractivity contribution < 1.29 is 47.7 Å². The predicted molar refractivity (Wildman–Crippen MR) is 138 cm³/mol. The SMILES string of the molecule is O=P(O)(O)CP(=O)(O)OCC1OC(n2cnc3c(N4CC5(CCc6c(F)cccc65)C4)nc(Cl)nc32)C(O)C1O. The van der Waals surface area contributed by atoms with Gasteiger partial charge in [-0.1, -0.05) is 12.1 Å². The monoisotopic (exact) mass is 619 g/mol. The van der Waals surface area contributed by atoms with Crippen LogP contribution in [0.1, 0.15) is 23.8 Å². The molecule has 216 valence electrons. The summed E-state index contributed by atoms with van der Waals surface area (Å²) in [5, 5.41) is 21.1. The minimum Gasteiger partial charge on any atom is -0.387 e. The van der Waals surface area contributed by atoms with Crippen LogP contribution < -0.4 is 4.90 Å². The smallest absolute Gasteiger partial charge is 0.340 e. The maximum atomic E-state index is 14.3. The molecule has 2 saturated heterocycles. The molecule has 1 aliphatic carbocycles. The topological polar surface area (TPSA) is 201 Å². The van der Waals surface area contributed by atoms with Crippen LogP contribution in [0.4, 0.5) is 10.2 Å². The van der Waals surface area contributed by atoms with Crippen molar-refractivity contribution in [3.8, 4) is 0 Å². The Labute approximate surface area is 231 Å². The van der Waals surface area contributed by atoms with E-state index < -0.39 is 52.2 Å². The molecule has 2 aliphatic heterocycles. The Morgan fingerprint density at radius 2 is 1.93 bits per heavy atom. The molecule has 40 heavy (non-hydrogen) atoms. The van der Waals surface area contributed by atoms with E-state index in [9.17, 15) is 28.6 Å². The summed E-state index contributed by atoms with van der Waals surface area (Å²) in [4.78, 5) is 42.6. The third kappa shape index (κ3) is 4.88. The van der Waals surface area contributed by atoms with Crippen molar-refractivity contribution >= 4 is 43.8 Å². The Morgan fingerprint density at radius 1 is 1.18 bits per heavy atom. The third-order valence-electron chi connectivity index (χ3n) is 7.62. The first-order valence-electron chi connectivity index (χ1n) is 12.2. The van der Waals surface area contributed by atoms with Gasteiger partial charge >= 0.3 is 15.2 Å². The fraction of sp³-hybridized carbons (Fsp3) is 0.500. The van der Waals surface area contributed by atoms with Gasteiger partial charge in [0.05, 0.1) is 12.9 Å². The number of nitrogens with zero attached hydrogens (tertiary/aromatic N) is 5. The Bertz CT molecular complexity index is 1580. The van der Waals surface area contributed by atoms with E-state index >= 15 is 0 Å². The highest BCUT2D eigenvalue weighted by atomic mass is 35.5. The van der Waals surface area contributed by atoms with Crippen LogP contribution in [0.5, 0.6) is 0 Å². The Kier molecular flexibility index (Phi) is 6.87. The van der Waals surface area contributed by atoms with Gasteiger partial charge in [-0.15, -0.1) is 0 Å². The van der Waals surface area contributed by atoms with Crippen molar-refractivity contribution in [3.63, 3.8) is 0 Å². The second-order valence-electron chi connectivity index (χ2n) is 10.3. The Balaban J connectivity index is 1.22. The number of benzene rings is 1. The molecule has 2 fully saturated rings. The lowest BCUT2D eigenvalue weighted by molar-refractivity contribution is -0.0483. The van der Waals surface area contributed by atoms with E-state index in [1.54, 1.807) is 6.07 Å². The maximum absolute atomic E-state index is 14.3. The fourth-order valence-electron chi connectivity index (χ4n) is 5.81. The average Bonchev–Trinajstić information content (AvgIpc) is 3.50. The molecule has 5 unspecified atom stereocenters. The first kappa shape index (κ1) is 28.1. The van der Waals surface area contributed by atoms with E-state index in [-0.39, 0.29) is 22.2 Å². The number of imidazole rings is 1. The number of aliphatic hydroxyl groups excluding tert-OH is 2. The van der Waals surface area contributed by atoms with Gasteiger partial charge in [0.2, 0.25) is 5.28 Å². The summed E-state index contributed by atoms with van der Waals surface area (Å²) < 4.78 is 49.1. The van der Waals surface area contributed by atoms with Gasteiger partial charge in [-0.3, -0.25) is 13.7 Å². The number of aromatic nitrogens is 4. The molecule has 1 spiro atoms. The van der Waals surface area contributed by atoms with Gasteiger partial charge in [0.25, 0.3) is 0 Å². The van der Waals surface area contributed by atoms with Gasteiger partial charge in [-0.05, 0) is 41.6 Å². The minimum atomic E-state index is -4.85. The number of rotatable bonds is 7. The first-order valence-corrected chi connectivity index (χ1v) is 16.2. The van der Waals surface area contributed by atoms with Crippen molar-refractivity contribution in [2.75, 3.05) is 30.5 Å². The highest BCUT2D eigenvalue weighted by molar-refractivity contribution is 7.70. The molecule has 5 N–H and O–H groups in total. The number of hydrogen-bond acceptors (Lipinski definition) is 10. The third-order valence-corrected chi connectivity index (χ3v) is 11.2. The second-order valence-corrected chi connectivity index (χ2v) is 14.7. The lowest BCUT2D eigenvalue weighted by Crippen LogP contribution is -2.58. The molecule has 18 heteroatoms. The largest absolute Gasteiger partial charge is 0.387 e. The summed E-state index contributed by atoms with van der Waals surface area (Å²) in [6.45, 7) is 0.401. The lowest BCUT2D eigenvalue weighted by atomic mass is 9.75.